The quantitative estimate of drug-likeness (QED) is 0.720. The number of Topliss-reactive ketones (excluding diaryl/α,β-unsaturated/α-hetero) is 1. The summed E-state index contributed by atoms with van der Waals surface area (Å²) in [6.07, 6.45) is 6.95. The zero-order chi connectivity index (χ0) is 11.9. The van der Waals surface area contributed by atoms with Crippen molar-refractivity contribution in [3.8, 4) is 11.8 Å². The van der Waals surface area contributed by atoms with E-state index in [-0.39, 0.29) is 5.78 Å². The van der Waals surface area contributed by atoms with Gasteiger partial charge in [0, 0.05) is 12.0 Å². The molecule has 0 saturated heterocycles. The fourth-order valence-corrected chi connectivity index (χ4v) is 2.36. The Labute approximate surface area is 103 Å². The summed E-state index contributed by atoms with van der Waals surface area (Å²) in [5, 5.41) is 0. The minimum atomic E-state index is 0.0840. The van der Waals surface area contributed by atoms with Crippen molar-refractivity contribution in [1.82, 2.24) is 0 Å². The average molecular weight is 226 g/mol. The van der Waals surface area contributed by atoms with Crippen molar-refractivity contribution in [3.63, 3.8) is 0 Å². The van der Waals surface area contributed by atoms with Gasteiger partial charge in [0.1, 0.15) is 0 Å². The van der Waals surface area contributed by atoms with Crippen LogP contribution in [0.1, 0.15) is 44.1 Å². The maximum absolute atomic E-state index is 11.6. The molecule has 0 aliphatic heterocycles. The third kappa shape index (κ3) is 4.07. The highest BCUT2D eigenvalue weighted by Gasteiger charge is 2.15. The third-order valence-electron chi connectivity index (χ3n) is 3.37. The van der Waals surface area contributed by atoms with Crippen LogP contribution in [-0.4, -0.2) is 5.78 Å². The lowest BCUT2D eigenvalue weighted by molar-refractivity contribution is -0.114. The molecule has 1 aliphatic rings. The van der Waals surface area contributed by atoms with Gasteiger partial charge >= 0.3 is 0 Å². The topological polar surface area (TPSA) is 17.1 Å². The van der Waals surface area contributed by atoms with Crippen LogP contribution in [0.25, 0.3) is 0 Å². The number of carbonyl (C=O) groups is 1. The van der Waals surface area contributed by atoms with Gasteiger partial charge in [-0.3, -0.25) is 4.79 Å². The number of hydrogen-bond acceptors (Lipinski definition) is 1. The molecule has 17 heavy (non-hydrogen) atoms. The Balaban J connectivity index is 1.79. The van der Waals surface area contributed by atoms with Crippen LogP contribution in [0.15, 0.2) is 30.3 Å². The highest BCUT2D eigenvalue weighted by molar-refractivity contribution is 5.95. The van der Waals surface area contributed by atoms with Crippen molar-refractivity contribution in [2.45, 2.75) is 38.5 Å². The summed E-state index contributed by atoms with van der Waals surface area (Å²) in [7, 11) is 0. The van der Waals surface area contributed by atoms with Crippen LogP contribution in [0.4, 0.5) is 0 Å². The summed E-state index contributed by atoms with van der Waals surface area (Å²) in [5.41, 5.74) is 0.918. The van der Waals surface area contributed by atoms with Crippen molar-refractivity contribution in [2.24, 2.45) is 5.92 Å². The molecular formula is C16H18O. The van der Waals surface area contributed by atoms with E-state index in [1.54, 1.807) is 0 Å². The van der Waals surface area contributed by atoms with Crippen LogP contribution < -0.4 is 0 Å². The van der Waals surface area contributed by atoms with Crippen LogP contribution in [0.3, 0.4) is 0 Å². The number of ketones is 1. The molecule has 1 aromatic carbocycles. The van der Waals surface area contributed by atoms with Gasteiger partial charge in [-0.1, -0.05) is 49.8 Å². The maximum atomic E-state index is 11.6. The van der Waals surface area contributed by atoms with Crippen molar-refractivity contribution >= 4 is 5.78 Å². The zero-order valence-corrected chi connectivity index (χ0v) is 10.1. The molecule has 1 fully saturated rings. The molecule has 1 nitrogen and oxygen atoms in total. The molecule has 0 aromatic heterocycles. The van der Waals surface area contributed by atoms with Gasteiger partial charge in [0.05, 0.1) is 0 Å². The number of benzene rings is 1. The molecule has 0 heterocycles. The normalized spacial score (nSPS) is 15.3. The molecule has 1 aliphatic carbocycles. The minimum Gasteiger partial charge on any atom is -0.285 e. The monoisotopic (exact) mass is 226 g/mol. The first-order chi connectivity index (χ1) is 8.34. The van der Waals surface area contributed by atoms with Gasteiger partial charge in [0.2, 0.25) is 5.78 Å². The number of carbonyl (C=O) groups excluding carboxylic acids is 1. The first kappa shape index (κ1) is 11.9. The lowest BCUT2D eigenvalue weighted by atomic mass is 10.0. The molecule has 0 N–H and O–H groups in total. The summed E-state index contributed by atoms with van der Waals surface area (Å²) in [6.45, 7) is 0. The Kier molecular flexibility index (Phi) is 4.38. The van der Waals surface area contributed by atoms with Gasteiger partial charge in [-0.15, -0.1) is 0 Å². The second kappa shape index (κ2) is 6.25. The van der Waals surface area contributed by atoms with Crippen LogP contribution >= 0.6 is 0 Å². The molecule has 1 aromatic rings. The third-order valence-corrected chi connectivity index (χ3v) is 3.37. The fraction of sp³-hybridized carbons (Fsp3) is 0.438. The largest absolute Gasteiger partial charge is 0.285 e. The van der Waals surface area contributed by atoms with Gasteiger partial charge < -0.3 is 0 Å². The predicted octanol–water partition coefficient (Wildman–Crippen LogP) is 3.58. The highest BCUT2D eigenvalue weighted by atomic mass is 16.1. The van der Waals surface area contributed by atoms with E-state index in [4.69, 9.17) is 0 Å². The smallest absolute Gasteiger partial charge is 0.205 e. The predicted molar refractivity (Wildman–Crippen MR) is 69.5 cm³/mol. The Morgan fingerprint density at radius 3 is 2.59 bits per heavy atom. The Morgan fingerprint density at radius 2 is 1.88 bits per heavy atom. The fourth-order valence-electron chi connectivity index (χ4n) is 2.36. The second-order valence-corrected chi connectivity index (χ2v) is 4.73. The molecule has 0 unspecified atom stereocenters. The van der Waals surface area contributed by atoms with Crippen LogP contribution in [0.2, 0.25) is 0 Å². The standard InChI is InChI=1S/C16H18O/c17-16(13-11-15-8-4-5-9-15)12-10-14-6-2-1-3-7-14/h1-3,6-7,15H,4-5,8-9,11,13H2. The van der Waals surface area contributed by atoms with Gasteiger partial charge in [-0.05, 0) is 30.4 Å². The van der Waals surface area contributed by atoms with E-state index < -0.39 is 0 Å². The van der Waals surface area contributed by atoms with Gasteiger partial charge in [-0.2, -0.15) is 0 Å². The summed E-state index contributed by atoms with van der Waals surface area (Å²) in [5.74, 6) is 6.51. The van der Waals surface area contributed by atoms with Crippen molar-refractivity contribution < 1.29 is 4.79 Å². The second-order valence-electron chi connectivity index (χ2n) is 4.73. The Hall–Kier alpha value is -1.55. The van der Waals surface area contributed by atoms with E-state index in [2.05, 4.69) is 11.8 Å². The van der Waals surface area contributed by atoms with Crippen molar-refractivity contribution in [2.75, 3.05) is 0 Å². The highest BCUT2D eigenvalue weighted by Crippen LogP contribution is 2.28. The number of rotatable bonds is 3. The van der Waals surface area contributed by atoms with E-state index in [9.17, 15) is 4.79 Å². The molecule has 1 heteroatoms. The molecule has 1 saturated carbocycles. The lowest BCUT2D eigenvalue weighted by Crippen LogP contribution is -1.99. The Bertz CT molecular complexity index is 416. The molecule has 0 atom stereocenters. The van der Waals surface area contributed by atoms with Gasteiger partial charge in [-0.25, -0.2) is 0 Å². The van der Waals surface area contributed by atoms with Gasteiger partial charge in [0.15, 0.2) is 0 Å². The van der Waals surface area contributed by atoms with Gasteiger partial charge in [0.25, 0.3) is 0 Å². The van der Waals surface area contributed by atoms with E-state index in [0.717, 1.165) is 17.9 Å². The molecular weight excluding hydrogens is 208 g/mol. The van der Waals surface area contributed by atoms with E-state index in [1.807, 2.05) is 30.3 Å². The molecule has 0 amide bonds. The molecule has 0 bridgehead atoms. The zero-order valence-electron chi connectivity index (χ0n) is 10.1. The first-order valence-corrected chi connectivity index (χ1v) is 6.44. The molecule has 0 radical (unpaired) electrons. The lowest BCUT2D eigenvalue weighted by Gasteiger charge is -2.04. The summed E-state index contributed by atoms with van der Waals surface area (Å²) in [4.78, 5) is 11.6. The van der Waals surface area contributed by atoms with E-state index in [0.29, 0.717) is 6.42 Å². The maximum Gasteiger partial charge on any atom is 0.205 e. The van der Waals surface area contributed by atoms with Crippen LogP contribution in [0, 0.1) is 17.8 Å². The minimum absolute atomic E-state index is 0.0840. The molecule has 0 spiro atoms. The summed E-state index contributed by atoms with van der Waals surface area (Å²) < 4.78 is 0. The van der Waals surface area contributed by atoms with Crippen LogP contribution in [0.5, 0.6) is 0 Å². The Morgan fingerprint density at radius 1 is 1.18 bits per heavy atom. The first-order valence-electron chi connectivity index (χ1n) is 6.44. The van der Waals surface area contributed by atoms with Crippen molar-refractivity contribution in [1.29, 1.82) is 0 Å². The van der Waals surface area contributed by atoms with Crippen molar-refractivity contribution in [3.05, 3.63) is 35.9 Å². The van der Waals surface area contributed by atoms with E-state index in [1.165, 1.54) is 25.7 Å². The SMILES string of the molecule is O=C(C#Cc1ccccc1)CCC1CCCC1. The average Bonchev–Trinajstić information content (AvgIpc) is 2.88. The number of hydrogen-bond donors (Lipinski definition) is 0. The van der Waals surface area contributed by atoms with Crippen LogP contribution in [-0.2, 0) is 4.79 Å². The summed E-state index contributed by atoms with van der Waals surface area (Å²) >= 11 is 0. The van der Waals surface area contributed by atoms with E-state index >= 15 is 0 Å². The molecule has 2 rings (SSSR count). The summed E-state index contributed by atoms with van der Waals surface area (Å²) in [6, 6.07) is 9.68. The molecule has 88 valence electrons.